The van der Waals surface area contributed by atoms with E-state index in [9.17, 15) is 5.11 Å². The highest BCUT2D eigenvalue weighted by Crippen LogP contribution is 2.21. The van der Waals surface area contributed by atoms with E-state index in [-0.39, 0.29) is 0 Å². The lowest BCUT2D eigenvalue weighted by atomic mass is 10.1. The minimum absolute atomic E-state index is 0.562. The average molecular weight is 339 g/mol. The van der Waals surface area contributed by atoms with Crippen molar-refractivity contribution in [3.63, 3.8) is 0 Å². The summed E-state index contributed by atoms with van der Waals surface area (Å²) < 4.78 is 1.03. The average Bonchev–Trinajstić information content (AvgIpc) is 2.23. The van der Waals surface area contributed by atoms with E-state index < -0.39 is 5.60 Å². The summed E-state index contributed by atoms with van der Waals surface area (Å²) in [6.45, 7) is 3.09. The van der Waals surface area contributed by atoms with Crippen LogP contribution in [0.3, 0.4) is 0 Å². The van der Waals surface area contributed by atoms with E-state index in [1.165, 1.54) is 0 Å². The molecule has 0 aliphatic rings. The lowest BCUT2D eigenvalue weighted by Gasteiger charge is -2.22. The molecule has 0 fully saturated rings. The molecule has 0 radical (unpaired) electrons. The van der Waals surface area contributed by atoms with Crippen LogP contribution in [-0.2, 0) is 6.54 Å². The zero-order valence-electron chi connectivity index (χ0n) is 9.96. The van der Waals surface area contributed by atoms with Gasteiger partial charge in [-0.1, -0.05) is 27.5 Å². The predicted molar refractivity (Wildman–Crippen MR) is 79.9 cm³/mol. The van der Waals surface area contributed by atoms with E-state index in [0.717, 1.165) is 20.8 Å². The lowest BCUT2D eigenvalue weighted by Crippen LogP contribution is -2.39. The molecule has 0 aliphatic carbocycles. The van der Waals surface area contributed by atoms with Gasteiger partial charge in [0, 0.05) is 28.3 Å². The standard InChI is InChI=1S/C12H17BrClNOS/c1-12(16,8-17-2)7-15-6-9-5-10(14)3-4-11(9)13/h3-5,15-16H,6-8H2,1-2H3. The van der Waals surface area contributed by atoms with E-state index in [4.69, 9.17) is 11.6 Å². The van der Waals surface area contributed by atoms with Crippen molar-refractivity contribution < 1.29 is 5.11 Å². The second-order valence-electron chi connectivity index (χ2n) is 4.27. The monoisotopic (exact) mass is 337 g/mol. The van der Waals surface area contributed by atoms with E-state index in [2.05, 4.69) is 21.2 Å². The van der Waals surface area contributed by atoms with Crippen molar-refractivity contribution in [3.8, 4) is 0 Å². The molecule has 0 aliphatic heterocycles. The van der Waals surface area contributed by atoms with Gasteiger partial charge in [0.05, 0.1) is 5.60 Å². The zero-order chi connectivity index (χ0) is 12.9. The van der Waals surface area contributed by atoms with E-state index in [1.807, 2.05) is 31.4 Å². The van der Waals surface area contributed by atoms with Crippen molar-refractivity contribution in [1.29, 1.82) is 0 Å². The molecule has 1 aromatic rings. The highest BCUT2D eigenvalue weighted by Gasteiger charge is 2.18. The predicted octanol–water partition coefficient (Wildman–Crippen LogP) is 3.31. The third-order valence-electron chi connectivity index (χ3n) is 2.28. The first kappa shape index (κ1) is 15.3. The number of aliphatic hydroxyl groups is 1. The van der Waals surface area contributed by atoms with Gasteiger partial charge in [0.1, 0.15) is 0 Å². The Labute approximate surface area is 120 Å². The zero-order valence-corrected chi connectivity index (χ0v) is 13.1. The van der Waals surface area contributed by atoms with Crippen molar-refractivity contribution in [2.45, 2.75) is 19.1 Å². The maximum Gasteiger partial charge on any atom is 0.0833 e. The van der Waals surface area contributed by atoms with Gasteiger partial charge < -0.3 is 10.4 Å². The van der Waals surface area contributed by atoms with Crippen molar-refractivity contribution in [2.24, 2.45) is 0 Å². The Balaban J connectivity index is 2.48. The van der Waals surface area contributed by atoms with Gasteiger partial charge in [-0.2, -0.15) is 11.8 Å². The van der Waals surface area contributed by atoms with Crippen LogP contribution in [0.5, 0.6) is 0 Å². The molecular weight excluding hydrogens is 322 g/mol. The smallest absolute Gasteiger partial charge is 0.0833 e. The topological polar surface area (TPSA) is 32.3 Å². The van der Waals surface area contributed by atoms with Crippen LogP contribution >= 0.6 is 39.3 Å². The fourth-order valence-corrected chi connectivity index (χ4v) is 2.81. The molecule has 0 saturated carbocycles. The molecule has 5 heteroatoms. The molecule has 17 heavy (non-hydrogen) atoms. The molecule has 1 aromatic carbocycles. The molecule has 0 amide bonds. The fourth-order valence-electron chi connectivity index (χ4n) is 1.51. The van der Waals surface area contributed by atoms with Gasteiger partial charge in [0.25, 0.3) is 0 Å². The van der Waals surface area contributed by atoms with Gasteiger partial charge in [0.15, 0.2) is 0 Å². The number of thioether (sulfide) groups is 1. The Morgan fingerprint density at radius 1 is 1.53 bits per heavy atom. The van der Waals surface area contributed by atoms with E-state index in [1.54, 1.807) is 11.8 Å². The summed E-state index contributed by atoms with van der Waals surface area (Å²) in [5.41, 5.74) is 0.419. The molecule has 1 rings (SSSR count). The van der Waals surface area contributed by atoms with Gasteiger partial charge in [-0.05, 0) is 36.9 Å². The van der Waals surface area contributed by atoms with Crippen LogP contribution in [0, 0.1) is 0 Å². The number of benzene rings is 1. The fraction of sp³-hybridized carbons (Fsp3) is 0.500. The van der Waals surface area contributed by atoms with Crippen LogP contribution in [0.2, 0.25) is 5.02 Å². The summed E-state index contributed by atoms with van der Waals surface area (Å²) in [5, 5.41) is 14.0. The van der Waals surface area contributed by atoms with E-state index >= 15 is 0 Å². The SMILES string of the molecule is CSCC(C)(O)CNCc1cc(Cl)ccc1Br. The summed E-state index contributed by atoms with van der Waals surface area (Å²) in [5.74, 6) is 0.719. The molecular formula is C12H17BrClNOS. The number of rotatable bonds is 6. The van der Waals surface area contributed by atoms with Crippen LogP contribution in [-0.4, -0.2) is 29.3 Å². The van der Waals surface area contributed by atoms with E-state index in [0.29, 0.717) is 13.1 Å². The minimum Gasteiger partial charge on any atom is -0.388 e. The largest absolute Gasteiger partial charge is 0.388 e. The molecule has 1 atom stereocenters. The molecule has 2 nitrogen and oxygen atoms in total. The van der Waals surface area contributed by atoms with Gasteiger partial charge in [0.2, 0.25) is 0 Å². The summed E-state index contributed by atoms with van der Waals surface area (Å²) in [4.78, 5) is 0. The second-order valence-corrected chi connectivity index (χ2v) is 6.43. The summed E-state index contributed by atoms with van der Waals surface area (Å²) >= 11 is 11.1. The third-order valence-corrected chi connectivity index (χ3v) is 4.20. The molecule has 0 heterocycles. The molecule has 0 aromatic heterocycles. The summed E-state index contributed by atoms with van der Waals surface area (Å²) in [6, 6.07) is 5.69. The first-order valence-corrected chi connectivity index (χ1v) is 7.87. The highest BCUT2D eigenvalue weighted by atomic mass is 79.9. The minimum atomic E-state index is -0.676. The maximum atomic E-state index is 10.00. The summed E-state index contributed by atoms with van der Waals surface area (Å²) in [7, 11) is 0. The maximum absolute atomic E-state index is 10.00. The first-order chi connectivity index (χ1) is 7.94. The Morgan fingerprint density at radius 3 is 2.88 bits per heavy atom. The number of halogens is 2. The van der Waals surface area contributed by atoms with Crippen molar-refractivity contribution in [1.82, 2.24) is 5.32 Å². The highest BCUT2D eigenvalue weighted by molar-refractivity contribution is 9.10. The van der Waals surface area contributed by atoms with Crippen LogP contribution in [0.25, 0.3) is 0 Å². The van der Waals surface area contributed by atoms with Gasteiger partial charge in [-0.15, -0.1) is 0 Å². The van der Waals surface area contributed by atoms with Crippen LogP contribution in [0.1, 0.15) is 12.5 Å². The van der Waals surface area contributed by atoms with Crippen LogP contribution in [0.4, 0.5) is 0 Å². The number of hydrogen-bond donors (Lipinski definition) is 2. The molecule has 0 spiro atoms. The van der Waals surface area contributed by atoms with Crippen LogP contribution < -0.4 is 5.32 Å². The van der Waals surface area contributed by atoms with Crippen molar-refractivity contribution in [3.05, 3.63) is 33.3 Å². The van der Waals surface area contributed by atoms with Crippen LogP contribution in [0.15, 0.2) is 22.7 Å². The van der Waals surface area contributed by atoms with Gasteiger partial charge in [-0.25, -0.2) is 0 Å². The van der Waals surface area contributed by atoms with Gasteiger partial charge >= 0.3 is 0 Å². The van der Waals surface area contributed by atoms with Crippen molar-refractivity contribution in [2.75, 3.05) is 18.6 Å². The number of nitrogens with one attached hydrogen (secondary N) is 1. The Bertz CT molecular complexity index is 374. The summed E-state index contributed by atoms with van der Waals surface area (Å²) in [6.07, 6.45) is 1.99. The van der Waals surface area contributed by atoms with Gasteiger partial charge in [-0.3, -0.25) is 0 Å². The first-order valence-electron chi connectivity index (χ1n) is 5.30. The normalized spacial score (nSPS) is 14.6. The molecule has 0 bridgehead atoms. The van der Waals surface area contributed by atoms with Crippen molar-refractivity contribution >= 4 is 39.3 Å². The second kappa shape index (κ2) is 7.00. The Hall–Kier alpha value is 0.260. The molecule has 2 N–H and O–H groups in total. The number of hydrogen-bond acceptors (Lipinski definition) is 3. The lowest BCUT2D eigenvalue weighted by molar-refractivity contribution is 0.0846. The molecule has 0 saturated heterocycles. The Morgan fingerprint density at radius 2 is 2.24 bits per heavy atom. The third kappa shape index (κ3) is 5.62. The quantitative estimate of drug-likeness (QED) is 0.834. The molecule has 1 unspecified atom stereocenters. The molecule has 96 valence electrons. The Kier molecular flexibility index (Phi) is 6.31.